The summed E-state index contributed by atoms with van der Waals surface area (Å²) >= 11 is 5.18. The number of hydrogen-bond acceptors (Lipinski definition) is 1. The Labute approximate surface area is 74.0 Å². The Morgan fingerprint density at radius 2 is 2.45 bits per heavy atom. The van der Waals surface area contributed by atoms with Crippen LogP contribution in [0.5, 0.6) is 0 Å². The van der Waals surface area contributed by atoms with Crippen molar-refractivity contribution in [2.45, 2.75) is 32.7 Å². The van der Waals surface area contributed by atoms with Gasteiger partial charge in [-0.15, -0.1) is 0 Å². The van der Waals surface area contributed by atoms with Crippen LogP contribution < -0.4 is 5.32 Å². The third-order valence-corrected chi connectivity index (χ3v) is 2.49. The molecule has 3 heteroatoms. The van der Waals surface area contributed by atoms with Gasteiger partial charge in [0.05, 0.1) is 0 Å². The van der Waals surface area contributed by atoms with Gasteiger partial charge in [0.15, 0.2) is 5.11 Å². The normalized spacial score (nSPS) is 22.7. The molecule has 1 rings (SSSR count). The van der Waals surface area contributed by atoms with Gasteiger partial charge in [0.2, 0.25) is 0 Å². The topological polar surface area (TPSA) is 15.3 Å². The number of thiocarbonyl (C=S) groups is 1. The molecule has 0 spiro atoms. The van der Waals surface area contributed by atoms with Crippen molar-refractivity contribution in [3.05, 3.63) is 0 Å². The number of likely N-dealkylation sites (tertiary alicyclic amines) is 1. The highest BCUT2D eigenvalue weighted by Gasteiger charge is 2.24. The largest absolute Gasteiger partial charge is 0.363 e. The molecule has 1 aliphatic rings. The van der Waals surface area contributed by atoms with Gasteiger partial charge in [-0.1, -0.05) is 6.92 Å². The van der Waals surface area contributed by atoms with Gasteiger partial charge in [0.1, 0.15) is 0 Å². The van der Waals surface area contributed by atoms with E-state index in [0.717, 1.165) is 24.6 Å². The summed E-state index contributed by atoms with van der Waals surface area (Å²) in [5, 5.41) is 4.16. The van der Waals surface area contributed by atoms with Crippen molar-refractivity contribution in [1.29, 1.82) is 0 Å². The summed E-state index contributed by atoms with van der Waals surface area (Å²) in [6.45, 7) is 6.50. The van der Waals surface area contributed by atoms with Crippen LogP contribution in [0.15, 0.2) is 0 Å². The van der Waals surface area contributed by atoms with Gasteiger partial charge < -0.3 is 10.2 Å². The Bertz CT molecular complexity index is 147. The first-order valence-electron chi connectivity index (χ1n) is 4.30. The maximum Gasteiger partial charge on any atom is 0.169 e. The van der Waals surface area contributed by atoms with Gasteiger partial charge in [-0.05, 0) is 32.0 Å². The minimum absolute atomic E-state index is 0.659. The molecule has 0 amide bonds. The fourth-order valence-electron chi connectivity index (χ4n) is 1.15. The smallest absolute Gasteiger partial charge is 0.169 e. The molecule has 0 bridgehead atoms. The molecule has 0 radical (unpaired) electrons. The second-order valence-corrected chi connectivity index (χ2v) is 3.45. The molecular formula is C8H16N2S. The van der Waals surface area contributed by atoms with Crippen molar-refractivity contribution in [3.63, 3.8) is 0 Å². The highest BCUT2D eigenvalue weighted by Crippen LogP contribution is 2.15. The van der Waals surface area contributed by atoms with E-state index in [1.165, 1.54) is 6.42 Å². The zero-order valence-electron chi connectivity index (χ0n) is 7.26. The predicted molar refractivity (Wildman–Crippen MR) is 51.7 cm³/mol. The first kappa shape index (κ1) is 8.78. The number of nitrogens with zero attached hydrogens (tertiary/aromatic N) is 1. The Balaban J connectivity index is 2.19. The second kappa shape index (κ2) is 3.90. The highest BCUT2D eigenvalue weighted by atomic mass is 32.1. The molecule has 1 fully saturated rings. The molecule has 1 unspecified atom stereocenters. The van der Waals surface area contributed by atoms with Crippen molar-refractivity contribution < 1.29 is 0 Å². The van der Waals surface area contributed by atoms with Gasteiger partial charge >= 0.3 is 0 Å². The minimum atomic E-state index is 0.659. The molecule has 1 aliphatic heterocycles. The molecular weight excluding hydrogens is 156 g/mol. The zero-order chi connectivity index (χ0) is 8.27. The van der Waals surface area contributed by atoms with Crippen LogP contribution >= 0.6 is 12.2 Å². The van der Waals surface area contributed by atoms with Crippen molar-refractivity contribution in [2.75, 3.05) is 13.1 Å². The average Bonchev–Trinajstić information content (AvgIpc) is 1.98. The number of nitrogens with one attached hydrogen (secondary N) is 1. The lowest BCUT2D eigenvalue weighted by atomic mass is 10.1. The third kappa shape index (κ3) is 2.06. The summed E-state index contributed by atoms with van der Waals surface area (Å²) in [7, 11) is 0. The SMILES string of the molecule is CCCNC(=S)N1CCC1C. The van der Waals surface area contributed by atoms with E-state index in [0.29, 0.717) is 6.04 Å². The lowest BCUT2D eigenvalue weighted by Gasteiger charge is -2.40. The molecule has 0 saturated carbocycles. The first-order chi connectivity index (χ1) is 5.25. The van der Waals surface area contributed by atoms with Crippen LogP contribution in [0.4, 0.5) is 0 Å². The van der Waals surface area contributed by atoms with Gasteiger partial charge in [-0.2, -0.15) is 0 Å². The summed E-state index contributed by atoms with van der Waals surface area (Å²) in [4.78, 5) is 2.24. The molecule has 0 aliphatic carbocycles. The lowest BCUT2D eigenvalue weighted by molar-refractivity contribution is 0.201. The van der Waals surface area contributed by atoms with Crippen LogP contribution in [0.25, 0.3) is 0 Å². The second-order valence-electron chi connectivity index (χ2n) is 3.06. The molecule has 11 heavy (non-hydrogen) atoms. The van der Waals surface area contributed by atoms with Crippen LogP contribution in [0.2, 0.25) is 0 Å². The van der Waals surface area contributed by atoms with E-state index in [1.807, 2.05) is 0 Å². The van der Waals surface area contributed by atoms with Crippen molar-refractivity contribution in [1.82, 2.24) is 10.2 Å². The molecule has 1 heterocycles. The zero-order valence-corrected chi connectivity index (χ0v) is 8.08. The van der Waals surface area contributed by atoms with Crippen LogP contribution in [-0.2, 0) is 0 Å². The van der Waals surface area contributed by atoms with Crippen LogP contribution in [0.3, 0.4) is 0 Å². The molecule has 1 saturated heterocycles. The maximum absolute atomic E-state index is 5.18. The van der Waals surface area contributed by atoms with Crippen LogP contribution in [-0.4, -0.2) is 29.1 Å². The van der Waals surface area contributed by atoms with Gasteiger partial charge in [-0.3, -0.25) is 0 Å². The highest BCUT2D eigenvalue weighted by molar-refractivity contribution is 7.80. The van der Waals surface area contributed by atoms with Crippen LogP contribution in [0.1, 0.15) is 26.7 Å². The summed E-state index contributed by atoms with van der Waals surface area (Å²) in [5.41, 5.74) is 0. The summed E-state index contributed by atoms with van der Waals surface area (Å²) in [6, 6.07) is 0.659. The average molecular weight is 172 g/mol. The lowest BCUT2D eigenvalue weighted by Crippen LogP contribution is -2.53. The van der Waals surface area contributed by atoms with Crippen molar-refractivity contribution in [3.8, 4) is 0 Å². The van der Waals surface area contributed by atoms with Gasteiger partial charge in [0.25, 0.3) is 0 Å². The van der Waals surface area contributed by atoms with Gasteiger partial charge in [-0.25, -0.2) is 0 Å². The number of rotatable bonds is 2. The standard InChI is InChI=1S/C8H16N2S/c1-3-5-9-8(11)10-6-4-7(10)2/h7H,3-6H2,1-2H3,(H,9,11). The first-order valence-corrected chi connectivity index (χ1v) is 4.71. The van der Waals surface area contributed by atoms with Crippen molar-refractivity contribution in [2.24, 2.45) is 0 Å². The fraction of sp³-hybridized carbons (Fsp3) is 0.875. The summed E-state index contributed by atoms with van der Waals surface area (Å²) < 4.78 is 0. The Hall–Kier alpha value is -0.310. The third-order valence-electron chi connectivity index (χ3n) is 2.11. The van der Waals surface area contributed by atoms with Crippen molar-refractivity contribution >= 4 is 17.3 Å². The minimum Gasteiger partial charge on any atom is -0.363 e. The Morgan fingerprint density at radius 3 is 2.82 bits per heavy atom. The van der Waals surface area contributed by atoms with Gasteiger partial charge in [0, 0.05) is 19.1 Å². The van der Waals surface area contributed by atoms with E-state index in [1.54, 1.807) is 0 Å². The molecule has 1 N–H and O–H groups in total. The summed E-state index contributed by atoms with van der Waals surface area (Å²) in [6.07, 6.45) is 2.43. The monoisotopic (exact) mass is 172 g/mol. The summed E-state index contributed by atoms with van der Waals surface area (Å²) in [5.74, 6) is 0. The maximum atomic E-state index is 5.18. The molecule has 0 aromatic carbocycles. The van der Waals surface area contributed by atoms with E-state index in [2.05, 4.69) is 24.1 Å². The Kier molecular flexibility index (Phi) is 3.12. The van der Waals surface area contributed by atoms with E-state index >= 15 is 0 Å². The fourth-order valence-corrected chi connectivity index (χ4v) is 1.52. The number of hydrogen-bond donors (Lipinski definition) is 1. The van der Waals surface area contributed by atoms with E-state index in [9.17, 15) is 0 Å². The molecule has 1 atom stereocenters. The van der Waals surface area contributed by atoms with E-state index in [-0.39, 0.29) is 0 Å². The predicted octanol–water partition coefficient (Wildman–Crippen LogP) is 1.37. The van der Waals surface area contributed by atoms with Crippen LogP contribution in [0, 0.1) is 0 Å². The quantitative estimate of drug-likeness (QED) is 0.633. The Morgan fingerprint density at radius 1 is 1.73 bits per heavy atom. The van der Waals surface area contributed by atoms with E-state index < -0.39 is 0 Å². The molecule has 2 nitrogen and oxygen atoms in total. The molecule has 0 aromatic heterocycles. The molecule has 64 valence electrons. The van der Waals surface area contributed by atoms with E-state index in [4.69, 9.17) is 12.2 Å². The molecule has 0 aromatic rings.